The van der Waals surface area contributed by atoms with Gasteiger partial charge in [0, 0.05) is 0 Å². The molecule has 0 radical (unpaired) electrons. The van der Waals surface area contributed by atoms with Gasteiger partial charge in [-0.05, 0) is 24.6 Å². The lowest BCUT2D eigenvalue weighted by Gasteiger charge is -2.10. The molecule has 0 aliphatic heterocycles. The molecule has 0 spiro atoms. The fraction of sp³-hybridized carbons (Fsp3) is 0.538. The molecule has 0 N–H and O–H groups in total. The molecule has 0 atom stereocenters. The van der Waals surface area contributed by atoms with E-state index in [1.165, 1.54) is 18.6 Å². The van der Waals surface area contributed by atoms with Crippen LogP contribution in [0, 0.1) is 6.92 Å². The molecule has 0 saturated carbocycles. The normalized spacial score (nSPS) is 9.61. The quantitative estimate of drug-likeness (QED) is 0.615. The molecule has 1 aromatic rings. The van der Waals surface area contributed by atoms with Gasteiger partial charge in [-0.15, -0.1) is 13.2 Å². The fourth-order valence-corrected chi connectivity index (χ4v) is 0.970. The number of ether oxygens (including phenoxy) is 1. The van der Waals surface area contributed by atoms with Crippen LogP contribution < -0.4 is 4.74 Å². The summed E-state index contributed by atoms with van der Waals surface area (Å²) < 4.78 is 39.0. The molecule has 0 fully saturated rings. The van der Waals surface area contributed by atoms with E-state index in [1.807, 2.05) is 13.8 Å². The minimum atomic E-state index is -4.70. The first-order chi connectivity index (χ1) is 8.30. The number of alkyl halides is 3. The zero-order valence-electron chi connectivity index (χ0n) is 11.4. The Balaban J connectivity index is 0. The van der Waals surface area contributed by atoms with Crippen LogP contribution in [0.3, 0.4) is 0 Å². The lowest BCUT2D eigenvalue weighted by atomic mass is 10.2. The van der Waals surface area contributed by atoms with E-state index in [1.54, 1.807) is 13.0 Å². The zero-order valence-corrected chi connectivity index (χ0v) is 12.1. The molecule has 0 unspecified atom stereocenters. The van der Waals surface area contributed by atoms with E-state index >= 15 is 0 Å². The highest BCUT2D eigenvalue weighted by Crippen LogP contribution is 2.30. The summed E-state index contributed by atoms with van der Waals surface area (Å²) in [6.07, 6.45) is -3.45. The van der Waals surface area contributed by atoms with Crippen molar-refractivity contribution in [1.82, 2.24) is 0 Å². The first-order valence-corrected chi connectivity index (χ1v) is 6.19. The summed E-state index contributed by atoms with van der Waals surface area (Å²) in [5.74, 6) is -0.367. The third-order valence-corrected chi connectivity index (χ3v) is 1.62. The van der Waals surface area contributed by atoms with Gasteiger partial charge in [0.1, 0.15) is 5.75 Å². The number of halogens is 4. The van der Waals surface area contributed by atoms with Crippen molar-refractivity contribution in [2.24, 2.45) is 0 Å². The maximum Gasteiger partial charge on any atom is 0.573 e. The molecule has 0 saturated heterocycles. The van der Waals surface area contributed by atoms with E-state index in [0.29, 0.717) is 5.56 Å². The minimum absolute atomic E-state index is 0.0528. The average molecular weight is 285 g/mol. The average Bonchev–Trinajstić information content (AvgIpc) is 2.25. The molecule has 0 bridgehead atoms. The number of rotatable bonds is 1. The van der Waals surface area contributed by atoms with Gasteiger partial charge in [0.25, 0.3) is 0 Å². The van der Waals surface area contributed by atoms with Crippen molar-refractivity contribution in [2.75, 3.05) is 0 Å². The molecule has 0 aliphatic carbocycles. The molecule has 18 heavy (non-hydrogen) atoms. The second-order valence-electron chi connectivity index (χ2n) is 3.19. The summed E-state index contributed by atoms with van der Waals surface area (Å²) in [5, 5.41) is -0.0528. The van der Waals surface area contributed by atoms with Gasteiger partial charge in [0.15, 0.2) is 0 Å². The van der Waals surface area contributed by atoms with Crippen molar-refractivity contribution in [3.8, 4) is 5.75 Å². The Hall–Kier alpha value is -0.900. The zero-order chi connectivity index (χ0) is 14.8. The van der Waals surface area contributed by atoms with Gasteiger partial charge in [-0.3, -0.25) is 0 Å². The van der Waals surface area contributed by atoms with Crippen molar-refractivity contribution in [1.29, 1.82) is 0 Å². The molecular weight excluding hydrogens is 265 g/mol. The van der Waals surface area contributed by atoms with Crippen LogP contribution in [-0.4, -0.2) is 6.36 Å². The highest BCUT2D eigenvalue weighted by atomic mass is 35.5. The van der Waals surface area contributed by atoms with E-state index in [-0.39, 0.29) is 10.8 Å². The Kier molecular flexibility index (Phi) is 10.9. The van der Waals surface area contributed by atoms with Crippen molar-refractivity contribution in [3.05, 3.63) is 28.8 Å². The molecular formula is C13H20ClF3O. The Morgan fingerprint density at radius 2 is 1.61 bits per heavy atom. The largest absolute Gasteiger partial charge is 0.573 e. The first-order valence-electron chi connectivity index (χ1n) is 5.82. The van der Waals surface area contributed by atoms with Crippen LogP contribution >= 0.6 is 11.6 Å². The second kappa shape index (κ2) is 10.1. The van der Waals surface area contributed by atoms with Crippen LogP contribution in [0.4, 0.5) is 13.2 Å². The predicted octanol–water partition coefficient (Wildman–Crippen LogP) is 5.99. The van der Waals surface area contributed by atoms with E-state index in [9.17, 15) is 13.2 Å². The van der Waals surface area contributed by atoms with Gasteiger partial charge in [-0.25, -0.2) is 0 Å². The SMILES string of the molecule is CC.CCC.Cc1ccc(Cl)c(OC(F)(F)F)c1. The van der Waals surface area contributed by atoms with Crippen LogP contribution in [0.5, 0.6) is 5.75 Å². The number of hydrogen-bond acceptors (Lipinski definition) is 1. The predicted molar refractivity (Wildman–Crippen MR) is 70.2 cm³/mol. The van der Waals surface area contributed by atoms with Crippen LogP contribution in [0.1, 0.15) is 39.7 Å². The molecule has 106 valence electrons. The van der Waals surface area contributed by atoms with E-state index in [2.05, 4.69) is 18.6 Å². The topological polar surface area (TPSA) is 9.23 Å². The van der Waals surface area contributed by atoms with Crippen LogP contribution in [-0.2, 0) is 0 Å². The Labute approximate surface area is 112 Å². The Morgan fingerprint density at radius 1 is 1.17 bits per heavy atom. The summed E-state index contributed by atoms with van der Waals surface area (Å²) in [7, 11) is 0. The van der Waals surface area contributed by atoms with E-state index < -0.39 is 6.36 Å². The summed E-state index contributed by atoms with van der Waals surface area (Å²) >= 11 is 5.48. The lowest BCUT2D eigenvalue weighted by Crippen LogP contribution is -2.17. The van der Waals surface area contributed by atoms with E-state index in [0.717, 1.165) is 0 Å². The molecule has 0 heterocycles. The first kappa shape index (κ1) is 19.4. The molecule has 1 rings (SSSR count). The highest BCUT2D eigenvalue weighted by molar-refractivity contribution is 6.32. The summed E-state index contributed by atoms with van der Waals surface area (Å²) in [4.78, 5) is 0. The number of aryl methyl sites for hydroxylation is 1. The summed E-state index contributed by atoms with van der Waals surface area (Å²) in [6.45, 7) is 9.90. The monoisotopic (exact) mass is 284 g/mol. The van der Waals surface area contributed by atoms with Crippen LogP contribution in [0.25, 0.3) is 0 Å². The maximum absolute atomic E-state index is 11.8. The van der Waals surface area contributed by atoms with Gasteiger partial charge in [-0.2, -0.15) is 0 Å². The van der Waals surface area contributed by atoms with Crippen molar-refractivity contribution in [2.45, 2.75) is 47.4 Å². The third kappa shape index (κ3) is 10.3. The summed E-state index contributed by atoms with van der Waals surface area (Å²) in [5.41, 5.74) is 0.656. The minimum Gasteiger partial charge on any atom is -0.404 e. The van der Waals surface area contributed by atoms with Gasteiger partial charge in [0.05, 0.1) is 5.02 Å². The van der Waals surface area contributed by atoms with Crippen molar-refractivity contribution in [3.63, 3.8) is 0 Å². The molecule has 5 heteroatoms. The van der Waals surface area contributed by atoms with Gasteiger partial charge in [0.2, 0.25) is 0 Å². The number of hydrogen-bond donors (Lipinski definition) is 0. The number of benzene rings is 1. The second-order valence-corrected chi connectivity index (χ2v) is 3.60. The van der Waals surface area contributed by atoms with Gasteiger partial charge >= 0.3 is 6.36 Å². The van der Waals surface area contributed by atoms with Crippen LogP contribution in [0.2, 0.25) is 5.02 Å². The highest BCUT2D eigenvalue weighted by Gasteiger charge is 2.31. The van der Waals surface area contributed by atoms with Crippen molar-refractivity contribution >= 4 is 11.6 Å². The Bertz CT molecular complexity index is 325. The maximum atomic E-state index is 11.8. The van der Waals surface area contributed by atoms with Gasteiger partial charge in [-0.1, -0.05) is 51.8 Å². The standard InChI is InChI=1S/C8H6ClF3O.C3H8.C2H6/c1-5-2-3-6(9)7(4-5)13-8(10,11)12;1-3-2;1-2/h2-4H,1H3;3H2,1-2H3;1-2H3. The molecule has 0 amide bonds. The Morgan fingerprint density at radius 3 is 2.00 bits per heavy atom. The van der Waals surface area contributed by atoms with Crippen molar-refractivity contribution < 1.29 is 17.9 Å². The fourth-order valence-electron chi connectivity index (χ4n) is 0.813. The molecule has 1 aromatic carbocycles. The van der Waals surface area contributed by atoms with Crippen LogP contribution in [0.15, 0.2) is 18.2 Å². The van der Waals surface area contributed by atoms with E-state index in [4.69, 9.17) is 11.6 Å². The smallest absolute Gasteiger partial charge is 0.404 e. The molecule has 1 nitrogen and oxygen atoms in total. The lowest BCUT2D eigenvalue weighted by molar-refractivity contribution is -0.274. The molecule has 0 aliphatic rings. The molecule has 0 aromatic heterocycles. The summed E-state index contributed by atoms with van der Waals surface area (Å²) in [6, 6.07) is 4.19. The van der Waals surface area contributed by atoms with Gasteiger partial charge < -0.3 is 4.74 Å². The third-order valence-electron chi connectivity index (χ3n) is 1.31.